The monoisotopic (exact) mass is 426 g/mol. The number of hydrogen-bond donors (Lipinski definition) is 2. The average Bonchev–Trinajstić information content (AvgIpc) is 3.10. The lowest BCUT2D eigenvalue weighted by atomic mass is 10.2. The molecule has 29 heavy (non-hydrogen) atoms. The third-order valence-electron chi connectivity index (χ3n) is 3.66. The van der Waals surface area contributed by atoms with E-state index in [1.165, 1.54) is 23.3 Å². The van der Waals surface area contributed by atoms with E-state index in [9.17, 15) is 18.0 Å². The van der Waals surface area contributed by atoms with Gasteiger partial charge in [0.15, 0.2) is 11.6 Å². The standard InChI is InChI=1S/C17H14ClF3N6O2/c1-9(15-24-8-25-27(15)14-3-2-12(22)7-23-14)26-16(28)10-4-11(18)6-13(5-10)29-17(19,20)21/h2-9H,22H2,1H3,(H,26,28)/t9-/m0/s1. The van der Waals surface area contributed by atoms with Gasteiger partial charge in [0, 0.05) is 10.6 Å². The third kappa shape index (κ3) is 5.13. The van der Waals surface area contributed by atoms with E-state index in [2.05, 4.69) is 25.1 Å². The molecule has 12 heteroatoms. The van der Waals surface area contributed by atoms with Crippen molar-refractivity contribution < 1.29 is 22.7 Å². The van der Waals surface area contributed by atoms with Gasteiger partial charge in [-0.15, -0.1) is 13.2 Å². The fourth-order valence-electron chi connectivity index (χ4n) is 2.48. The summed E-state index contributed by atoms with van der Waals surface area (Å²) in [4.78, 5) is 20.8. The van der Waals surface area contributed by atoms with Crippen molar-refractivity contribution in [2.75, 3.05) is 5.73 Å². The highest BCUT2D eigenvalue weighted by atomic mass is 35.5. The van der Waals surface area contributed by atoms with Crippen LogP contribution in [0, 0.1) is 0 Å². The highest BCUT2D eigenvalue weighted by Crippen LogP contribution is 2.27. The summed E-state index contributed by atoms with van der Waals surface area (Å²) >= 11 is 5.80. The number of ether oxygens (including phenoxy) is 1. The fraction of sp³-hybridized carbons (Fsp3) is 0.176. The van der Waals surface area contributed by atoms with Gasteiger partial charge in [0.1, 0.15) is 12.1 Å². The minimum Gasteiger partial charge on any atom is -0.406 e. The summed E-state index contributed by atoms with van der Waals surface area (Å²) in [7, 11) is 0. The summed E-state index contributed by atoms with van der Waals surface area (Å²) in [5, 5.41) is 6.61. The maximum Gasteiger partial charge on any atom is 0.573 e. The molecule has 0 saturated carbocycles. The number of carbonyl (C=O) groups is 1. The van der Waals surface area contributed by atoms with Gasteiger partial charge < -0.3 is 15.8 Å². The van der Waals surface area contributed by atoms with E-state index in [0.717, 1.165) is 12.1 Å². The van der Waals surface area contributed by atoms with Crippen LogP contribution in [-0.4, -0.2) is 32.0 Å². The van der Waals surface area contributed by atoms with Gasteiger partial charge in [0.25, 0.3) is 5.91 Å². The van der Waals surface area contributed by atoms with E-state index in [4.69, 9.17) is 17.3 Å². The molecule has 152 valence electrons. The van der Waals surface area contributed by atoms with E-state index in [1.807, 2.05) is 0 Å². The van der Waals surface area contributed by atoms with E-state index >= 15 is 0 Å². The maximum atomic E-state index is 12.5. The number of rotatable bonds is 5. The molecule has 0 radical (unpaired) electrons. The Morgan fingerprint density at radius 1 is 1.28 bits per heavy atom. The number of aromatic nitrogens is 4. The largest absolute Gasteiger partial charge is 0.573 e. The lowest BCUT2D eigenvalue weighted by Gasteiger charge is -2.15. The van der Waals surface area contributed by atoms with Crippen LogP contribution in [0.1, 0.15) is 29.1 Å². The Morgan fingerprint density at radius 3 is 2.69 bits per heavy atom. The molecule has 0 aliphatic rings. The minimum absolute atomic E-state index is 0.0844. The number of nitrogen functional groups attached to an aromatic ring is 1. The molecule has 3 aromatic rings. The first-order chi connectivity index (χ1) is 13.6. The number of nitrogens with zero attached hydrogens (tertiary/aromatic N) is 4. The van der Waals surface area contributed by atoms with Crippen LogP contribution < -0.4 is 15.8 Å². The van der Waals surface area contributed by atoms with Gasteiger partial charge in [0.2, 0.25) is 0 Å². The highest BCUT2D eigenvalue weighted by Gasteiger charge is 2.31. The molecule has 1 atom stereocenters. The number of carbonyl (C=O) groups excluding carboxylic acids is 1. The van der Waals surface area contributed by atoms with Gasteiger partial charge in [0.05, 0.1) is 17.9 Å². The zero-order valence-corrected chi connectivity index (χ0v) is 15.6. The van der Waals surface area contributed by atoms with Crippen molar-refractivity contribution in [2.45, 2.75) is 19.3 Å². The predicted molar refractivity (Wildman–Crippen MR) is 97.6 cm³/mol. The van der Waals surface area contributed by atoms with Gasteiger partial charge in [-0.05, 0) is 37.3 Å². The summed E-state index contributed by atoms with van der Waals surface area (Å²) in [5.74, 6) is -0.496. The number of nitrogens with two attached hydrogens (primary N) is 1. The van der Waals surface area contributed by atoms with Crippen LogP contribution in [0.4, 0.5) is 18.9 Å². The number of pyridine rings is 1. The molecule has 3 rings (SSSR count). The molecule has 0 aliphatic carbocycles. The maximum absolute atomic E-state index is 12.5. The lowest BCUT2D eigenvalue weighted by Crippen LogP contribution is -2.29. The first-order valence-corrected chi connectivity index (χ1v) is 8.49. The summed E-state index contributed by atoms with van der Waals surface area (Å²) in [5.41, 5.74) is 5.97. The molecule has 1 aromatic carbocycles. The Labute approximate surface area is 167 Å². The normalized spacial score (nSPS) is 12.4. The second-order valence-electron chi connectivity index (χ2n) is 5.90. The smallest absolute Gasteiger partial charge is 0.406 e. The van der Waals surface area contributed by atoms with Gasteiger partial charge >= 0.3 is 6.36 Å². The molecule has 0 aliphatic heterocycles. The van der Waals surface area contributed by atoms with E-state index in [-0.39, 0.29) is 10.6 Å². The molecule has 3 N–H and O–H groups in total. The second-order valence-corrected chi connectivity index (χ2v) is 6.33. The van der Waals surface area contributed by atoms with Crippen LogP contribution >= 0.6 is 11.6 Å². The molecule has 0 saturated heterocycles. The number of hydrogen-bond acceptors (Lipinski definition) is 6. The van der Waals surface area contributed by atoms with Crippen molar-refractivity contribution in [3.63, 3.8) is 0 Å². The van der Waals surface area contributed by atoms with Crippen molar-refractivity contribution in [2.24, 2.45) is 0 Å². The van der Waals surface area contributed by atoms with Crippen molar-refractivity contribution >= 4 is 23.2 Å². The lowest BCUT2D eigenvalue weighted by molar-refractivity contribution is -0.274. The van der Waals surface area contributed by atoms with Crippen LogP contribution in [0.2, 0.25) is 5.02 Å². The number of nitrogens with one attached hydrogen (secondary N) is 1. The molecule has 0 bridgehead atoms. The Bertz CT molecular complexity index is 1020. The number of halogens is 4. The Hall–Kier alpha value is -3.34. The van der Waals surface area contributed by atoms with Crippen LogP contribution in [0.15, 0.2) is 42.9 Å². The topological polar surface area (TPSA) is 108 Å². The summed E-state index contributed by atoms with van der Waals surface area (Å²) in [6.45, 7) is 1.63. The molecule has 8 nitrogen and oxygen atoms in total. The average molecular weight is 427 g/mol. The zero-order valence-electron chi connectivity index (χ0n) is 14.8. The summed E-state index contributed by atoms with van der Waals surface area (Å²) < 4.78 is 42.5. The van der Waals surface area contributed by atoms with Crippen molar-refractivity contribution in [1.29, 1.82) is 0 Å². The van der Waals surface area contributed by atoms with Crippen molar-refractivity contribution in [1.82, 2.24) is 25.1 Å². The molecule has 0 spiro atoms. The third-order valence-corrected chi connectivity index (χ3v) is 3.88. The summed E-state index contributed by atoms with van der Waals surface area (Å²) in [6, 6.07) is 5.71. The van der Waals surface area contributed by atoms with Gasteiger partial charge in [-0.1, -0.05) is 11.6 Å². The molecule has 2 heterocycles. The second kappa shape index (κ2) is 7.95. The van der Waals surface area contributed by atoms with E-state index < -0.39 is 24.1 Å². The van der Waals surface area contributed by atoms with E-state index in [1.54, 1.807) is 19.1 Å². The quantitative estimate of drug-likeness (QED) is 0.648. The first-order valence-electron chi connectivity index (χ1n) is 8.11. The molecule has 0 unspecified atom stereocenters. The first kappa shape index (κ1) is 20.4. The Morgan fingerprint density at radius 2 is 2.03 bits per heavy atom. The molecule has 2 aromatic heterocycles. The minimum atomic E-state index is -4.91. The van der Waals surface area contributed by atoms with Crippen molar-refractivity contribution in [3.8, 4) is 11.6 Å². The van der Waals surface area contributed by atoms with Crippen LogP contribution in [0.3, 0.4) is 0 Å². The zero-order chi connectivity index (χ0) is 21.2. The Kier molecular flexibility index (Phi) is 5.59. The highest BCUT2D eigenvalue weighted by molar-refractivity contribution is 6.31. The fourth-order valence-corrected chi connectivity index (χ4v) is 2.70. The van der Waals surface area contributed by atoms with Gasteiger partial charge in [-0.3, -0.25) is 4.79 Å². The van der Waals surface area contributed by atoms with E-state index in [0.29, 0.717) is 17.3 Å². The van der Waals surface area contributed by atoms with Crippen LogP contribution in [-0.2, 0) is 0 Å². The molecule has 1 amide bonds. The van der Waals surface area contributed by atoms with Gasteiger partial charge in [-0.25, -0.2) is 9.97 Å². The molecular formula is C17H14ClF3N6O2. The molecule has 0 fully saturated rings. The predicted octanol–water partition coefficient (Wildman–Crippen LogP) is 3.29. The number of alkyl halides is 3. The number of anilines is 1. The SMILES string of the molecule is C[C@H](NC(=O)c1cc(Cl)cc(OC(F)(F)F)c1)c1ncnn1-c1ccc(N)cn1. The number of amides is 1. The Balaban J connectivity index is 1.80. The van der Waals surface area contributed by atoms with Crippen LogP contribution in [0.5, 0.6) is 5.75 Å². The van der Waals surface area contributed by atoms with Crippen LogP contribution in [0.25, 0.3) is 5.82 Å². The summed E-state index contributed by atoms with van der Waals surface area (Å²) in [6.07, 6.45) is -2.18. The molecular weight excluding hydrogens is 413 g/mol. The van der Waals surface area contributed by atoms with Crippen molar-refractivity contribution in [3.05, 3.63) is 59.3 Å². The number of benzene rings is 1. The van der Waals surface area contributed by atoms with Gasteiger partial charge in [-0.2, -0.15) is 9.78 Å².